The summed E-state index contributed by atoms with van der Waals surface area (Å²) < 4.78 is 1.70. The van der Waals surface area contributed by atoms with Crippen LogP contribution in [-0.2, 0) is 11.8 Å². The molecule has 0 unspecified atom stereocenters. The first kappa shape index (κ1) is 5.72. The smallest absolute Gasteiger partial charge is 0.242 e. The zero-order valence-corrected chi connectivity index (χ0v) is 4.90. The molecule has 1 aromatic heterocycles. The third-order valence-electron chi connectivity index (χ3n) is 0.851. The molecule has 0 aliphatic heterocycles. The van der Waals surface area contributed by atoms with Crippen LogP contribution in [0.25, 0.3) is 0 Å². The van der Waals surface area contributed by atoms with Crippen LogP contribution in [0.5, 0.6) is 0 Å². The highest BCUT2D eigenvalue weighted by atomic mass is 16.1. The summed E-state index contributed by atoms with van der Waals surface area (Å²) in [6, 6.07) is 0. The average Bonchev–Trinajstić information content (AvgIpc) is 2.17. The first-order chi connectivity index (χ1) is 4.33. The molecule has 46 valence electrons. The maximum atomic E-state index is 9.64. The molecule has 0 amide bonds. The fraction of sp³-hybridized carbons (Fsp3) is 0.200. The van der Waals surface area contributed by atoms with Gasteiger partial charge in [-0.25, -0.2) is 9.78 Å². The lowest BCUT2D eigenvalue weighted by atomic mass is 10.8. The molecule has 4 heteroatoms. The van der Waals surface area contributed by atoms with Crippen molar-refractivity contribution in [2.75, 3.05) is 0 Å². The normalized spacial score (nSPS) is 8.56. The summed E-state index contributed by atoms with van der Waals surface area (Å²) in [5.74, 6) is 0.396. The third kappa shape index (κ3) is 1.24. The van der Waals surface area contributed by atoms with E-state index in [1.165, 1.54) is 6.08 Å². The molecule has 1 rings (SSSR count). The number of aryl methyl sites for hydroxylation is 1. The Labute approximate surface area is 51.9 Å². The Bertz CT molecular complexity index is 246. The van der Waals surface area contributed by atoms with Gasteiger partial charge >= 0.3 is 0 Å². The largest absolute Gasteiger partial charge is 0.338 e. The van der Waals surface area contributed by atoms with E-state index in [1.807, 2.05) is 0 Å². The van der Waals surface area contributed by atoms with Crippen LogP contribution >= 0.6 is 0 Å². The zero-order valence-electron chi connectivity index (χ0n) is 4.90. The van der Waals surface area contributed by atoms with E-state index in [0.29, 0.717) is 5.82 Å². The Kier molecular flexibility index (Phi) is 1.42. The zero-order chi connectivity index (χ0) is 6.69. The molecule has 0 aromatic carbocycles. The predicted molar refractivity (Wildman–Crippen MR) is 31.0 cm³/mol. The molecule has 0 radical (unpaired) electrons. The van der Waals surface area contributed by atoms with Crippen molar-refractivity contribution >= 4 is 11.9 Å². The maximum absolute atomic E-state index is 9.64. The molecular formula is C5H5N3O. The summed E-state index contributed by atoms with van der Waals surface area (Å²) in [7, 11) is 1.80. The Morgan fingerprint density at radius 1 is 1.89 bits per heavy atom. The van der Waals surface area contributed by atoms with Crippen LogP contribution in [-0.4, -0.2) is 15.6 Å². The van der Waals surface area contributed by atoms with Crippen LogP contribution in [0.1, 0.15) is 0 Å². The van der Waals surface area contributed by atoms with Gasteiger partial charge in [0, 0.05) is 7.05 Å². The van der Waals surface area contributed by atoms with Gasteiger partial charge in [-0.3, -0.25) is 0 Å². The molecule has 9 heavy (non-hydrogen) atoms. The number of nitrogens with zero attached hydrogens (tertiary/aromatic N) is 3. The van der Waals surface area contributed by atoms with E-state index in [1.54, 1.807) is 24.1 Å². The Morgan fingerprint density at radius 3 is 3.11 bits per heavy atom. The highest BCUT2D eigenvalue weighted by molar-refractivity contribution is 5.42. The van der Waals surface area contributed by atoms with E-state index < -0.39 is 0 Å². The van der Waals surface area contributed by atoms with E-state index in [4.69, 9.17) is 0 Å². The van der Waals surface area contributed by atoms with Crippen LogP contribution in [0.2, 0.25) is 0 Å². The standard InChI is InChI=1S/C5H5N3O/c1-8-2-5(6-3-8)7-4-9/h2-3H,1H3. The number of isocyanates is 1. The van der Waals surface area contributed by atoms with Gasteiger partial charge in [-0.1, -0.05) is 0 Å². The van der Waals surface area contributed by atoms with Crippen molar-refractivity contribution in [3.8, 4) is 0 Å². The molecule has 0 saturated heterocycles. The molecule has 0 atom stereocenters. The Hall–Kier alpha value is -1.41. The maximum Gasteiger partial charge on any atom is 0.242 e. The number of rotatable bonds is 1. The van der Waals surface area contributed by atoms with Crippen molar-refractivity contribution < 1.29 is 4.79 Å². The van der Waals surface area contributed by atoms with E-state index in [2.05, 4.69) is 9.98 Å². The van der Waals surface area contributed by atoms with Gasteiger partial charge in [0.05, 0.1) is 12.5 Å². The summed E-state index contributed by atoms with van der Waals surface area (Å²) in [5.41, 5.74) is 0. The van der Waals surface area contributed by atoms with E-state index in [0.717, 1.165) is 0 Å². The lowest BCUT2D eigenvalue weighted by Crippen LogP contribution is -1.76. The highest BCUT2D eigenvalue weighted by Crippen LogP contribution is 2.02. The summed E-state index contributed by atoms with van der Waals surface area (Å²) in [4.78, 5) is 16.7. The highest BCUT2D eigenvalue weighted by Gasteiger charge is 1.88. The van der Waals surface area contributed by atoms with Gasteiger partial charge in [0.25, 0.3) is 0 Å². The second kappa shape index (κ2) is 2.24. The van der Waals surface area contributed by atoms with Gasteiger partial charge in [-0.2, -0.15) is 0 Å². The van der Waals surface area contributed by atoms with Crippen LogP contribution < -0.4 is 0 Å². The number of hydrogen-bond donors (Lipinski definition) is 0. The molecule has 1 aromatic rings. The molecule has 0 fully saturated rings. The number of aromatic nitrogens is 2. The molecule has 1 heterocycles. The minimum atomic E-state index is 0.396. The molecule has 0 N–H and O–H groups in total. The van der Waals surface area contributed by atoms with E-state index in [-0.39, 0.29) is 0 Å². The Morgan fingerprint density at radius 2 is 2.67 bits per heavy atom. The van der Waals surface area contributed by atoms with Gasteiger partial charge in [0.1, 0.15) is 0 Å². The van der Waals surface area contributed by atoms with Crippen molar-refractivity contribution in [3.63, 3.8) is 0 Å². The summed E-state index contributed by atoms with van der Waals surface area (Å²) >= 11 is 0. The second-order valence-corrected chi connectivity index (χ2v) is 1.60. The first-order valence-electron chi connectivity index (χ1n) is 2.39. The number of carbonyl (C=O) groups excluding carboxylic acids is 1. The lowest BCUT2D eigenvalue weighted by molar-refractivity contribution is 0.565. The van der Waals surface area contributed by atoms with Crippen molar-refractivity contribution in [2.45, 2.75) is 0 Å². The predicted octanol–water partition coefficient (Wildman–Crippen LogP) is 0.387. The van der Waals surface area contributed by atoms with Gasteiger partial charge in [0.2, 0.25) is 6.08 Å². The lowest BCUT2D eigenvalue weighted by Gasteiger charge is -1.78. The van der Waals surface area contributed by atoms with Crippen molar-refractivity contribution in [3.05, 3.63) is 12.5 Å². The SMILES string of the molecule is Cn1cnc(N=C=O)c1. The molecule has 4 nitrogen and oxygen atoms in total. The molecular weight excluding hydrogens is 118 g/mol. The molecule has 0 bridgehead atoms. The molecule has 0 aliphatic carbocycles. The summed E-state index contributed by atoms with van der Waals surface area (Å²) in [6.07, 6.45) is 4.59. The quantitative estimate of drug-likeness (QED) is 0.400. The first-order valence-corrected chi connectivity index (χ1v) is 2.39. The molecule has 0 spiro atoms. The second-order valence-electron chi connectivity index (χ2n) is 1.60. The number of hydrogen-bond acceptors (Lipinski definition) is 3. The topological polar surface area (TPSA) is 47.2 Å². The Balaban J connectivity index is 2.97. The van der Waals surface area contributed by atoms with Gasteiger partial charge < -0.3 is 4.57 Å². The minimum Gasteiger partial charge on any atom is -0.338 e. The van der Waals surface area contributed by atoms with Crippen LogP contribution in [0.4, 0.5) is 5.82 Å². The fourth-order valence-corrected chi connectivity index (χ4v) is 0.504. The van der Waals surface area contributed by atoms with Gasteiger partial charge in [0.15, 0.2) is 5.82 Å². The van der Waals surface area contributed by atoms with Crippen molar-refractivity contribution in [1.29, 1.82) is 0 Å². The molecule has 0 saturated carbocycles. The monoisotopic (exact) mass is 123 g/mol. The molecule has 0 aliphatic rings. The van der Waals surface area contributed by atoms with Crippen molar-refractivity contribution in [1.82, 2.24) is 9.55 Å². The number of imidazole rings is 1. The fourth-order valence-electron chi connectivity index (χ4n) is 0.504. The van der Waals surface area contributed by atoms with Crippen LogP contribution in [0, 0.1) is 0 Å². The summed E-state index contributed by atoms with van der Waals surface area (Å²) in [5, 5.41) is 0. The number of aliphatic imine (C=N–C) groups is 1. The van der Waals surface area contributed by atoms with Crippen LogP contribution in [0.3, 0.4) is 0 Å². The van der Waals surface area contributed by atoms with Gasteiger partial charge in [-0.05, 0) is 0 Å². The third-order valence-corrected chi connectivity index (χ3v) is 0.851. The van der Waals surface area contributed by atoms with Crippen LogP contribution in [0.15, 0.2) is 17.5 Å². The average molecular weight is 123 g/mol. The van der Waals surface area contributed by atoms with E-state index >= 15 is 0 Å². The summed E-state index contributed by atoms with van der Waals surface area (Å²) in [6.45, 7) is 0. The van der Waals surface area contributed by atoms with Crippen molar-refractivity contribution in [2.24, 2.45) is 12.0 Å². The van der Waals surface area contributed by atoms with Gasteiger partial charge in [-0.15, -0.1) is 4.99 Å². The minimum absolute atomic E-state index is 0.396. The van der Waals surface area contributed by atoms with E-state index in [9.17, 15) is 4.79 Å².